The molecule has 2 nitrogen and oxygen atoms in total. The van der Waals surface area contributed by atoms with Gasteiger partial charge in [-0.05, 0) is 53.7 Å². The van der Waals surface area contributed by atoms with E-state index in [0.717, 1.165) is 11.5 Å². The second-order valence-corrected chi connectivity index (χ2v) is 10.1. The maximum atomic E-state index is 6.28. The standard InChI is InChI=1S/C14H22O2S/c1-13(2,3)17(14(4,5)6)15-11-9-7-8-10-12(11)16-17/h7-10H,1-6H3. The van der Waals surface area contributed by atoms with Gasteiger partial charge in [-0.1, -0.05) is 12.1 Å². The molecular weight excluding hydrogens is 232 g/mol. The van der Waals surface area contributed by atoms with Gasteiger partial charge in [0.1, 0.15) is 0 Å². The van der Waals surface area contributed by atoms with Crippen LogP contribution in [0.4, 0.5) is 0 Å². The van der Waals surface area contributed by atoms with Crippen molar-refractivity contribution < 1.29 is 8.37 Å². The van der Waals surface area contributed by atoms with Crippen LogP contribution in [-0.2, 0) is 0 Å². The summed E-state index contributed by atoms with van der Waals surface area (Å²) in [5.74, 6) is 1.76. The molecule has 0 radical (unpaired) electrons. The first-order valence-corrected chi connectivity index (χ1v) is 7.46. The molecule has 0 atom stereocenters. The minimum atomic E-state index is -1.65. The fraction of sp³-hybridized carbons (Fsp3) is 0.571. The van der Waals surface area contributed by atoms with Crippen LogP contribution in [0.25, 0.3) is 0 Å². The van der Waals surface area contributed by atoms with E-state index in [1.807, 2.05) is 24.3 Å². The molecule has 0 unspecified atom stereocenters. The van der Waals surface area contributed by atoms with Crippen molar-refractivity contribution in [3.8, 4) is 11.5 Å². The van der Waals surface area contributed by atoms with Crippen molar-refractivity contribution in [2.24, 2.45) is 0 Å². The minimum Gasteiger partial charge on any atom is -0.378 e. The van der Waals surface area contributed by atoms with Gasteiger partial charge in [-0.2, -0.15) is 0 Å². The minimum absolute atomic E-state index is 0.0235. The van der Waals surface area contributed by atoms with Gasteiger partial charge in [-0.25, -0.2) is 0 Å². The SMILES string of the molecule is CC(C)(C)S1(C(C)(C)C)Oc2ccccc2O1. The summed E-state index contributed by atoms with van der Waals surface area (Å²) in [4.78, 5) is 0. The molecule has 96 valence electrons. The van der Waals surface area contributed by atoms with Gasteiger partial charge in [0.05, 0.1) is 9.49 Å². The second-order valence-electron chi connectivity index (χ2n) is 6.34. The highest BCUT2D eigenvalue weighted by Gasteiger charge is 2.50. The average Bonchev–Trinajstić information content (AvgIpc) is 2.55. The molecular formula is C14H22O2S. The van der Waals surface area contributed by atoms with Crippen molar-refractivity contribution in [1.82, 2.24) is 0 Å². The summed E-state index contributed by atoms with van der Waals surface area (Å²) in [6, 6.07) is 7.95. The van der Waals surface area contributed by atoms with Crippen LogP contribution in [0.1, 0.15) is 41.5 Å². The summed E-state index contributed by atoms with van der Waals surface area (Å²) in [6.45, 7) is 13.2. The lowest BCUT2D eigenvalue weighted by Gasteiger charge is -2.56. The molecule has 0 bridgehead atoms. The Hall–Kier alpha value is -0.830. The van der Waals surface area contributed by atoms with Gasteiger partial charge < -0.3 is 8.37 Å². The predicted molar refractivity (Wildman–Crippen MR) is 74.8 cm³/mol. The summed E-state index contributed by atoms with van der Waals surface area (Å²) in [7, 11) is -1.65. The highest BCUT2D eigenvalue weighted by atomic mass is 32.3. The van der Waals surface area contributed by atoms with Crippen molar-refractivity contribution in [3.63, 3.8) is 0 Å². The molecule has 0 fully saturated rings. The summed E-state index contributed by atoms with van der Waals surface area (Å²) in [5, 5.41) is 0. The molecule has 1 aliphatic rings. The fourth-order valence-electron chi connectivity index (χ4n) is 2.28. The third-order valence-corrected chi connectivity index (χ3v) is 6.93. The summed E-state index contributed by atoms with van der Waals surface area (Å²) >= 11 is 0. The summed E-state index contributed by atoms with van der Waals surface area (Å²) < 4.78 is 12.5. The lowest BCUT2D eigenvalue weighted by atomic mass is 10.2. The van der Waals surface area contributed by atoms with Crippen LogP contribution < -0.4 is 8.37 Å². The second kappa shape index (κ2) is 3.58. The number of hydrogen-bond donors (Lipinski definition) is 0. The monoisotopic (exact) mass is 254 g/mol. The highest BCUT2D eigenvalue weighted by Crippen LogP contribution is 2.72. The molecule has 0 saturated carbocycles. The number of hydrogen-bond acceptors (Lipinski definition) is 2. The van der Waals surface area contributed by atoms with Gasteiger partial charge in [0, 0.05) is 0 Å². The largest absolute Gasteiger partial charge is 0.378 e. The Kier molecular flexibility index (Phi) is 2.66. The molecule has 17 heavy (non-hydrogen) atoms. The van der Waals surface area contributed by atoms with E-state index < -0.39 is 10.6 Å². The molecule has 1 aromatic carbocycles. The zero-order valence-corrected chi connectivity index (χ0v) is 12.4. The third kappa shape index (κ3) is 1.81. The zero-order valence-electron chi connectivity index (χ0n) is 11.5. The molecule has 0 N–H and O–H groups in total. The highest BCUT2D eigenvalue weighted by molar-refractivity contribution is 8.28. The first-order valence-electron chi connectivity index (χ1n) is 5.98. The molecule has 0 aliphatic carbocycles. The number of fused-ring (bicyclic) bond motifs is 1. The fourth-order valence-corrected chi connectivity index (χ4v) is 5.93. The van der Waals surface area contributed by atoms with Crippen LogP contribution in [0.5, 0.6) is 11.5 Å². The number of rotatable bonds is 0. The normalized spacial score (nSPS) is 20.1. The summed E-state index contributed by atoms with van der Waals surface area (Å²) in [6.07, 6.45) is 0. The van der Waals surface area contributed by atoms with E-state index in [1.165, 1.54) is 0 Å². The molecule has 0 spiro atoms. The van der Waals surface area contributed by atoms with Gasteiger partial charge in [0.25, 0.3) is 0 Å². The Labute approximate surface area is 106 Å². The molecule has 1 aliphatic heterocycles. The van der Waals surface area contributed by atoms with E-state index in [0.29, 0.717) is 0 Å². The van der Waals surface area contributed by atoms with Crippen LogP contribution in [-0.4, -0.2) is 9.49 Å². The maximum Gasteiger partial charge on any atom is 0.196 e. The Bertz CT molecular complexity index is 386. The quantitative estimate of drug-likeness (QED) is 0.668. The molecule has 3 heteroatoms. The van der Waals surface area contributed by atoms with Crippen molar-refractivity contribution in [2.45, 2.75) is 51.0 Å². The average molecular weight is 254 g/mol. The van der Waals surface area contributed by atoms with Gasteiger partial charge in [0.2, 0.25) is 0 Å². The van der Waals surface area contributed by atoms with Gasteiger partial charge in [0.15, 0.2) is 11.5 Å². The Morgan fingerprint density at radius 1 is 0.765 bits per heavy atom. The van der Waals surface area contributed by atoms with Crippen LogP contribution in [0.3, 0.4) is 0 Å². The van der Waals surface area contributed by atoms with E-state index in [4.69, 9.17) is 8.37 Å². The molecule has 2 rings (SSSR count). The van der Waals surface area contributed by atoms with E-state index in [9.17, 15) is 0 Å². The van der Waals surface area contributed by atoms with E-state index in [1.54, 1.807) is 0 Å². The van der Waals surface area contributed by atoms with Crippen molar-refractivity contribution in [2.75, 3.05) is 0 Å². The molecule has 0 saturated heterocycles. The topological polar surface area (TPSA) is 18.5 Å². The predicted octanol–water partition coefficient (Wildman–Crippen LogP) is 4.69. The Morgan fingerprint density at radius 3 is 1.41 bits per heavy atom. The van der Waals surface area contributed by atoms with Crippen LogP contribution in [0.2, 0.25) is 0 Å². The van der Waals surface area contributed by atoms with Crippen LogP contribution in [0.15, 0.2) is 24.3 Å². The van der Waals surface area contributed by atoms with Crippen molar-refractivity contribution >= 4 is 10.6 Å². The lowest BCUT2D eigenvalue weighted by molar-refractivity contribution is 0.483. The van der Waals surface area contributed by atoms with Gasteiger partial charge in [-0.3, -0.25) is 0 Å². The van der Waals surface area contributed by atoms with E-state index >= 15 is 0 Å². The summed E-state index contributed by atoms with van der Waals surface area (Å²) in [5.41, 5.74) is 0. The first-order chi connectivity index (χ1) is 7.67. The lowest BCUT2D eigenvalue weighted by Crippen LogP contribution is -2.42. The van der Waals surface area contributed by atoms with Gasteiger partial charge >= 0.3 is 0 Å². The Morgan fingerprint density at radius 2 is 1.12 bits per heavy atom. The zero-order chi connectivity index (χ0) is 12.9. The van der Waals surface area contributed by atoms with Crippen molar-refractivity contribution in [1.29, 1.82) is 0 Å². The molecule has 1 heterocycles. The molecule has 0 amide bonds. The van der Waals surface area contributed by atoms with Crippen molar-refractivity contribution in [3.05, 3.63) is 24.3 Å². The van der Waals surface area contributed by atoms with Gasteiger partial charge in [-0.15, -0.1) is 10.6 Å². The first kappa shape index (κ1) is 12.6. The van der Waals surface area contributed by atoms with Crippen LogP contribution >= 0.6 is 10.6 Å². The number of benzene rings is 1. The van der Waals surface area contributed by atoms with Crippen LogP contribution in [0, 0.1) is 0 Å². The third-order valence-electron chi connectivity index (χ3n) is 2.88. The van der Waals surface area contributed by atoms with E-state index in [-0.39, 0.29) is 9.49 Å². The van der Waals surface area contributed by atoms with E-state index in [2.05, 4.69) is 41.5 Å². The molecule has 1 aromatic rings. The maximum absolute atomic E-state index is 6.28. The molecule has 0 aromatic heterocycles. The Balaban J connectivity index is 2.50. The smallest absolute Gasteiger partial charge is 0.196 e. The number of para-hydroxylation sites is 2.